The van der Waals surface area contributed by atoms with Crippen molar-refractivity contribution < 1.29 is 4.79 Å². The summed E-state index contributed by atoms with van der Waals surface area (Å²) >= 11 is 0. The molecule has 3 nitrogen and oxygen atoms in total. The summed E-state index contributed by atoms with van der Waals surface area (Å²) in [5, 5.41) is 3.14. The number of hydrogen-bond acceptors (Lipinski definition) is 2. The van der Waals surface area contributed by atoms with Gasteiger partial charge in [-0.2, -0.15) is 0 Å². The lowest BCUT2D eigenvalue weighted by Gasteiger charge is -2.27. The van der Waals surface area contributed by atoms with Crippen molar-refractivity contribution in [3.63, 3.8) is 0 Å². The summed E-state index contributed by atoms with van der Waals surface area (Å²) < 4.78 is 0. The molecule has 2 aliphatic carbocycles. The van der Waals surface area contributed by atoms with E-state index in [1.807, 2.05) is 0 Å². The first-order chi connectivity index (χ1) is 8.02. The summed E-state index contributed by atoms with van der Waals surface area (Å²) in [5.41, 5.74) is 5.71. The van der Waals surface area contributed by atoms with Gasteiger partial charge in [-0.3, -0.25) is 4.79 Å². The molecule has 98 valence electrons. The second-order valence-corrected chi connectivity index (χ2v) is 6.70. The van der Waals surface area contributed by atoms with E-state index in [4.69, 9.17) is 5.73 Å². The lowest BCUT2D eigenvalue weighted by atomic mass is 9.86. The Morgan fingerprint density at radius 2 is 2.12 bits per heavy atom. The van der Waals surface area contributed by atoms with Gasteiger partial charge in [-0.25, -0.2) is 0 Å². The lowest BCUT2D eigenvalue weighted by molar-refractivity contribution is -0.127. The van der Waals surface area contributed by atoms with Crippen LogP contribution in [-0.2, 0) is 4.79 Å². The van der Waals surface area contributed by atoms with Crippen LogP contribution < -0.4 is 11.1 Å². The number of nitrogens with two attached hydrogens (primary N) is 1. The third kappa shape index (κ3) is 3.01. The maximum atomic E-state index is 12.1. The molecule has 17 heavy (non-hydrogen) atoms. The van der Waals surface area contributed by atoms with Crippen LogP contribution in [0.1, 0.15) is 46.0 Å². The second kappa shape index (κ2) is 4.97. The van der Waals surface area contributed by atoms with Crippen molar-refractivity contribution in [1.29, 1.82) is 0 Å². The fourth-order valence-electron chi connectivity index (χ4n) is 3.50. The average Bonchev–Trinajstić information content (AvgIpc) is 2.87. The molecule has 0 radical (unpaired) electrons. The zero-order valence-electron chi connectivity index (χ0n) is 11.2. The van der Waals surface area contributed by atoms with Gasteiger partial charge in [-0.15, -0.1) is 0 Å². The molecule has 3 atom stereocenters. The summed E-state index contributed by atoms with van der Waals surface area (Å²) in [6, 6.07) is 0. The van der Waals surface area contributed by atoms with Crippen LogP contribution >= 0.6 is 0 Å². The molecule has 0 saturated heterocycles. The highest BCUT2D eigenvalue weighted by molar-refractivity contribution is 5.79. The van der Waals surface area contributed by atoms with Crippen LogP contribution in [0, 0.1) is 23.2 Å². The van der Waals surface area contributed by atoms with Gasteiger partial charge in [0.05, 0.1) is 0 Å². The highest BCUT2D eigenvalue weighted by Crippen LogP contribution is 2.48. The minimum absolute atomic E-state index is 0.127. The van der Waals surface area contributed by atoms with Gasteiger partial charge in [0.25, 0.3) is 0 Å². The van der Waals surface area contributed by atoms with Crippen LogP contribution in [0.15, 0.2) is 0 Å². The molecule has 3 heteroatoms. The molecule has 2 fully saturated rings. The largest absolute Gasteiger partial charge is 0.355 e. The van der Waals surface area contributed by atoms with Crippen LogP contribution in [0.5, 0.6) is 0 Å². The average molecular weight is 238 g/mol. The third-order valence-corrected chi connectivity index (χ3v) is 4.64. The number of fused-ring (bicyclic) bond motifs is 2. The molecule has 1 amide bonds. The number of amides is 1. The van der Waals surface area contributed by atoms with Crippen molar-refractivity contribution in [3.05, 3.63) is 0 Å². The summed E-state index contributed by atoms with van der Waals surface area (Å²) in [6.07, 6.45) is 6.02. The quantitative estimate of drug-likeness (QED) is 0.769. The van der Waals surface area contributed by atoms with E-state index >= 15 is 0 Å². The van der Waals surface area contributed by atoms with Crippen LogP contribution in [-0.4, -0.2) is 19.0 Å². The van der Waals surface area contributed by atoms with Gasteiger partial charge in [-0.05, 0) is 49.5 Å². The van der Waals surface area contributed by atoms with E-state index in [-0.39, 0.29) is 5.41 Å². The smallest absolute Gasteiger partial charge is 0.223 e. The summed E-state index contributed by atoms with van der Waals surface area (Å²) in [5.74, 6) is 2.12. The van der Waals surface area contributed by atoms with E-state index in [1.165, 1.54) is 19.3 Å². The zero-order chi connectivity index (χ0) is 12.5. The predicted molar refractivity (Wildman–Crippen MR) is 69.4 cm³/mol. The SMILES string of the molecule is CC(C)(CCN)CNC(=O)C1CC2CCC1C2. The highest BCUT2D eigenvalue weighted by Gasteiger charge is 2.43. The van der Waals surface area contributed by atoms with Crippen LogP contribution in [0.3, 0.4) is 0 Å². The summed E-state index contributed by atoms with van der Waals surface area (Å²) in [6.45, 7) is 5.79. The fourth-order valence-corrected chi connectivity index (χ4v) is 3.50. The first-order valence-electron chi connectivity index (χ1n) is 6.99. The lowest BCUT2D eigenvalue weighted by Crippen LogP contribution is -2.39. The van der Waals surface area contributed by atoms with E-state index in [0.717, 1.165) is 25.3 Å². The maximum absolute atomic E-state index is 12.1. The molecule has 2 aliphatic rings. The van der Waals surface area contributed by atoms with Crippen molar-refractivity contribution in [2.75, 3.05) is 13.1 Å². The maximum Gasteiger partial charge on any atom is 0.223 e. The normalized spacial score (nSPS) is 31.8. The second-order valence-electron chi connectivity index (χ2n) is 6.70. The Hall–Kier alpha value is -0.570. The van der Waals surface area contributed by atoms with Crippen molar-refractivity contribution in [3.8, 4) is 0 Å². The first-order valence-corrected chi connectivity index (χ1v) is 6.99. The molecule has 2 saturated carbocycles. The first kappa shape index (κ1) is 12.9. The van der Waals surface area contributed by atoms with Gasteiger partial charge in [0.1, 0.15) is 0 Å². The molecule has 0 aromatic heterocycles. The molecule has 0 spiro atoms. The van der Waals surface area contributed by atoms with Crippen LogP contribution in [0.25, 0.3) is 0 Å². The zero-order valence-corrected chi connectivity index (χ0v) is 11.2. The Morgan fingerprint density at radius 3 is 2.65 bits per heavy atom. The van der Waals surface area contributed by atoms with Gasteiger partial charge < -0.3 is 11.1 Å². The van der Waals surface area contributed by atoms with Crippen LogP contribution in [0.2, 0.25) is 0 Å². The Balaban J connectivity index is 1.78. The topological polar surface area (TPSA) is 55.1 Å². The van der Waals surface area contributed by atoms with Crippen LogP contribution in [0.4, 0.5) is 0 Å². The van der Waals surface area contributed by atoms with Crippen molar-refractivity contribution in [1.82, 2.24) is 5.32 Å². The summed E-state index contributed by atoms with van der Waals surface area (Å²) in [4.78, 5) is 12.1. The number of hydrogen-bond donors (Lipinski definition) is 2. The number of carbonyl (C=O) groups excluding carboxylic acids is 1. The molecule has 3 unspecified atom stereocenters. The molecule has 0 aromatic carbocycles. The number of rotatable bonds is 5. The molecule has 0 heterocycles. The molecular formula is C14H26N2O. The van der Waals surface area contributed by atoms with Gasteiger partial charge in [0, 0.05) is 12.5 Å². The van der Waals surface area contributed by atoms with E-state index in [1.54, 1.807) is 0 Å². The Bertz CT molecular complexity index is 288. The fraction of sp³-hybridized carbons (Fsp3) is 0.929. The van der Waals surface area contributed by atoms with Gasteiger partial charge in [0.2, 0.25) is 5.91 Å². The standard InChI is InChI=1S/C14H26N2O/c1-14(2,5-6-15)9-16-13(17)12-8-10-3-4-11(12)7-10/h10-12H,3-9,15H2,1-2H3,(H,16,17). The Labute approximate surface area is 105 Å². The van der Waals surface area contributed by atoms with Gasteiger partial charge in [-0.1, -0.05) is 20.3 Å². The molecule has 3 N–H and O–H groups in total. The summed E-state index contributed by atoms with van der Waals surface area (Å²) in [7, 11) is 0. The van der Waals surface area contributed by atoms with Gasteiger partial charge >= 0.3 is 0 Å². The van der Waals surface area contributed by atoms with E-state index in [9.17, 15) is 4.79 Å². The Morgan fingerprint density at radius 1 is 1.35 bits per heavy atom. The van der Waals surface area contributed by atoms with E-state index in [0.29, 0.717) is 24.3 Å². The Kier molecular flexibility index (Phi) is 3.76. The minimum atomic E-state index is 0.127. The van der Waals surface area contributed by atoms with E-state index in [2.05, 4.69) is 19.2 Å². The monoisotopic (exact) mass is 238 g/mol. The van der Waals surface area contributed by atoms with Crippen molar-refractivity contribution >= 4 is 5.91 Å². The predicted octanol–water partition coefficient (Wildman–Crippen LogP) is 1.91. The van der Waals surface area contributed by atoms with Gasteiger partial charge in [0.15, 0.2) is 0 Å². The minimum Gasteiger partial charge on any atom is -0.355 e. The molecule has 0 aromatic rings. The van der Waals surface area contributed by atoms with E-state index < -0.39 is 0 Å². The highest BCUT2D eigenvalue weighted by atomic mass is 16.1. The molecule has 0 aliphatic heterocycles. The molecule has 2 bridgehead atoms. The van der Waals surface area contributed by atoms with Crippen molar-refractivity contribution in [2.45, 2.75) is 46.0 Å². The third-order valence-electron chi connectivity index (χ3n) is 4.64. The molecule has 2 rings (SSSR count). The number of nitrogens with one attached hydrogen (secondary N) is 1. The number of carbonyl (C=O) groups is 1. The van der Waals surface area contributed by atoms with Crippen molar-refractivity contribution in [2.24, 2.45) is 28.9 Å². The molecular weight excluding hydrogens is 212 g/mol.